The average Bonchev–Trinajstić information content (AvgIpc) is 2.46. The molecule has 1 aromatic carbocycles. The topological polar surface area (TPSA) is 25.8 Å². The first-order chi connectivity index (χ1) is 9.63. The quantitative estimate of drug-likeness (QED) is 0.728. The Kier molecular flexibility index (Phi) is 4.89. The maximum atomic E-state index is 4.74. The zero-order chi connectivity index (χ0) is 14.5. The van der Waals surface area contributed by atoms with Crippen molar-refractivity contribution < 1.29 is 0 Å². The van der Waals surface area contributed by atoms with Gasteiger partial charge in [-0.3, -0.25) is 0 Å². The molecule has 0 bridgehead atoms. The number of aromatic nitrogens is 2. The zero-order valence-corrected chi connectivity index (χ0v) is 13.0. The van der Waals surface area contributed by atoms with E-state index in [1.54, 1.807) is 0 Å². The fourth-order valence-electron chi connectivity index (χ4n) is 2.42. The van der Waals surface area contributed by atoms with Crippen LogP contribution < -0.4 is 0 Å². The van der Waals surface area contributed by atoms with Crippen LogP contribution in [0.4, 0.5) is 0 Å². The first-order valence-electron chi connectivity index (χ1n) is 7.52. The number of benzene rings is 1. The van der Waals surface area contributed by atoms with Gasteiger partial charge in [0.1, 0.15) is 0 Å². The molecule has 0 amide bonds. The summed E-state index contributed by atoms with van der Waals surface area (Å²) in [6, 6.07) is 6.34. The van der Waals surface area contributed by atoms with E-state index in [0.717, 1.165) is 23.5 Å². The van der Waals surface area contributed by atoms with Crippen LogP contribution >= 0.6 is 0 Å². The minimum absolute atomic E-state index is 0.861. The molecule has 0 spiro atoms. The summed E-state index contributed by atoms with van der Waals surface area (Å²) in [5.74, 6) is 0.861. The monoisotopic (exact) mass is 268 g/mol. The smallest absolute Gasteiger partial charge is 0.159 e. The van der Waals surface area contributed by atoms with E-state index in [1.807, 2.05) is 12.3 Å². The lowest BCUT2D eigenvalue weighted by Gasteiger charge is -2.11. The summed E-state index contributed by atoms with van der Waals surface area (Å²) in [6.07, 6.45) is 6.65. The third kappa shape index (κ3) is 3.24. The lowest BCUT2D eigenvalue weighted by atomic mass is 9.98. The molecular formula is C18H24N2. The van der Waals surface area contributed by atoms with E-state index in [4.69, 9.17) is 4.98 Å². The van der Waals surface area contributed by atoms with Gasteiger partial charge < -0.3 is 0 Å². The molecule has 0 fully saturated rings. The highest BCUT2D eigenvalue weighted by molar-refractivity contribution is 5.63. The molecule has 2 nitrogen and oxygen atoms in total. The van der Waals surface area contributed by atoms with Crippen LogP contribution in [0.2, 0.25) is 0 Å². The molecule has 0 aliphatic rings. The first kappa shape index (κ1) is 14.7. The minimum Gasteiger partial charge on any atom is -0.237 e. The summed E-state index contributed by atoms with van der Waals surface area (Å²) < 4.78 is 0. The molecule has 1 aromatic heterocycles. The lowest BCUT2D eigenvalue weighted by molar-refractivity contribution is 0.706. The van der Waals surface area contributed by atoms with E-state index in [2.05, 4.69) is 44.8 Å². The molecule has 106 valence electrons. The largest absolute Gasteiger partial charge is 0.237 e. The normalized spacial score (nSPS) is 10.8. The second-order valence-electron chi connectivity index (χ2n) is 5.51. The summed E-state index contributed by atoms with van der Waals surface area (Å²) >= 11 is 0. The Hall–Kier alpha value is -1.70. The first-order valence-corrected chi connectivity index (χ1v) is 7.52. The Morgan fingerprint density at radius 3 is 2.50 bits per heavy atom. The second kappa shape index (κ2) is 6.65. The summed E-state index contributed by atoms with van der Waals surface area (Å²) in [7, 11) is 0. The molecule has 0 N–H and O–H groups in total. The van der Waals surface area contributed by atoms with Gasteiger partial charge in [0.25, 0.3) is 0 Å². The van der Waals surface area contributed by atoms with Crippen LogP contribution in [0.15, 0.2) is 24.4 Å². The standard InChI is InChI=1S/C18H24N2/c1-5-6-7-8-16-11-12-19-18(20-16)17-10-9-13(2)14(3)15(17)4/h9-12H,5-8H2,1-4H3. The molecule has 1 heterocycles. The number of aryl methyl sites for hydroxylation is 2. The summed E-state index contributed by atoms with van der Waals surface area (Å²) in [5, 5.41) is 0. The third-order valence-electron chi connectivity index (χ3n) is 4.05. The van der Waals surface area contributed by atoms with Crippen LogP contribution in [0.3, 0.4) is 0 Å². The maximum Gasteiger partial charge on any atom is 0.159 e. The van der Waals surface area contributed by atoms with Gasteiger partial charge in [-0.25, -0.2) is 9.97 Å². The Balaban J connectivity index is 2.29. The van der Waals surface area contributed by atoms with E-state index < -0.39 is 0 Å². The lowest BCUT2D eigenvalue weighted by Crippen LogP contribution is -1.98. The molecule has 2 aromatic rings. The Morgan fingerprint density at radius 2 is 1.75 bits per heavy atom. The van der Waals surface area contributed by atoms with Crippen LogP contribution in [-0.2, 0) is 6.42 Å². The summed E-state index contributed by atoms with van der Waals surface area (Å²) in [6.45, 7) is 8.70. The van der Waals surface area contributed by atoms with Crippen molar-refractivity contribution in [2.75, 3.05) is 0 Å². The fraction of sp³-hybridized carbons (Fsp3) is 0.444. The molecule has 0 atom stereocenters. The molecule has 20 heavy (non-hydrogen) atoms. The number of rotatable bonds is 5. The number of hydrogen-bond acceptors (Lipinski definition) is 2. The van der Waals surface area contributed by atoms with Gasteiger partial charge in [0.2, 0.25) is 0 Å². The molecule has 0 radical (unpaired) electrons. The van der Waals surface area contributed by atoms with Crippen molar-refractivity contribution in [3.05, 3.63) is 46.8 Å². The second-order valence-corrected chi connectivity index (χ2v) is 5.51. The van der Waals surface area contributed by atoms with Crippen LogP contribution in [0.25, 0.3) is 11.4 Å². The van der Waals surface area contributed by atoms with E-state index in [1.165, 1.54) is 36.0 Å². The van der Waals surface area contributed by atoms with Crippen molar-refractivity contribution in [1.29, 1.82) is 0 Å². The maximum absolute atomic E-state index is 4.74. The van der Waals surface area contributed by atoms with E-state index in [0.29, 0.717) is 0 Å². The van der Waals surface area contributed by atoms with Gasteiger partial charge in [-0.05, 0) is 56.4 Å². The van der Waals surface area contributed by atoms with Crippen LogP contribution in [0.5, 0.6) is 0 Å². The highest BCUT2D eigenvalue weighted by Gasteiger charge is 2.09. The van der Waals surface area contributed by atoms with Crippen molar-refractivity contribution in [3.63, 3.8) is 0 Å². The van der Waals surface area contributed by atoms with Gasteiger partial charge in [-0.15, -0.1) is 0 Å². The molecular weight excluding hydrogens is 244 g/mol. The van der Waals surface area contributed by atoms with Gasteiger partial charge in [-0.1, -0.05) is 31.9 Å². The molecule has 0 aliphatic carbocycles. The zero-order valence-electron chi connectivity index (χ0n) is 13.0. The van der Waals surface area contributed by atoms with E-state index in [-0.39, 0.29) is 0 Å². The molecule has 2 heteroatoms. The SMILES string of the molecule is CCCCCc1ccnc(-c2ccc(C)c(C)c2C)n1. The van der Waals surface area contributed by atoms with Crippen molar-refractivity contribution >= 4 is 0 Å². The van der Waals surface area contributed by atoms with E-state index in [9.17, 15) is 0 Å². The van der Waals surface area contributed by atoms with Crippen LogP contribution in [0.1, 0.15) is 48.6 Å². The Labute approximate surface area is 122 Å². The molecule has 0 saturated heterocycles. The summed E-state index contributed by atoms with van der Waals surface area (Å²) in [5.41, 5.74) is 6.26. The predicted octanol–water partition coefficient (Wildman–Crippen LogP) is 4.80. The van der Waals surface area contributed by atoms with E-state index >= 15 is 0 Å². The fourth-order valence-corrected chi connectivity index (χ4v) is 2.42. The minimum atomic E-state index is 0.861. The van der Waals surface area contributed by atoms with Crippen molar-refractivity contribution in [2.45, 2.75) is 53.4 Å². The van der Waals surface area contributed by atoms with Crippen molar-refractivity contribution in [1.82, 2.24) is 9.97 Å². The molecule has 2 rings (SSSR count). The van der Waals surface area contributed by atoms with Gasteiger partial charge in [-0.2, -0.15) is 0 Å². The number of unbranched alkanes of at least 4 members (excludes halogenated alkanes) is 2. The van der Waals surface area contributed by atoms with Crippen LogP contribution in [0, 0.1) is 20.8 Å². The van der Waals surface area contributed by atoms with Crippen molar-refractivity contribution in [3.8, 4) is 11.4 Å². The highest BCUT2D eigenvalue weighted by Crippen LogP contribution is 2.24. The summed E-state index contributed by atoms with van der Waals surface area (Å²) in [4.78, 5) is 9.19. The number of nitrogens with zero attached hydrogens (tertiary/aromatic N) is 2. The van der Waals surface area contributed by atoms with Crippen molar-refractivity contribution in [2.24, 2.45) is 0 Å². The van der Waals surface area contributed by atoms with Crippen LogP contribution in [-0.4, -0.2) is 9.97 Å². The molecule has 0 aliphatic heterocycles. The van der Waals surface area contributed by atoms with Gasteiger partial charge in [0.15, 0.2) is 5.82 Å². The predicted molar refractivity (Wildman–Crippen MR) is 84.9 cm³/mol. The molecule has 0 saturated carbocycles. The molecule has 0 unspecified atom stereocenters. The third-order valence-corrected chi connectivity index (χ3v) is 4.05. The van der Waals surface area contributed by atoms with Gasteiger partial charge in [0, 0.05) is 17.5 Å². The van der Waals surface area contributed by atoms with Gasteiger partial charge in [0.05, 0.1) is 0 Å². The Morgan fingerprint density at radius 1 is 0.950 bits per heavy atom. The average molecular weight is 268 g/mol. The number of hydrogen-bond donors (Lipinski definition) is 0. The Bertz CT molecular complexity index is 588. The van der Waals surface area contributed by atoms with Gasteiger partial charge >= 0.3 is 0 Å². The highest BCUT2D eigenvalue weighted by atomic mass is 14.9.